The predicted octanol–water partition coefficient (Wildman–Crippen LogP) is 6.54. The lowest BCUT2D eigenvalue weighted by atomic mass is 10.0. The van der Waals surface area contributed by atoms with Crippen molar-refractivity contribution in [2.24, 2.45) is 0 Å². The van der Waals surface area contributed by atoms with Gasteiger partial charge in [-0.05, 0) is 30.7 Å². The summed E-state index contributed by atoms with van der Waals surface area (Å²) in [5.74, 6) is 0.168. The van der Waals surface area contributed by atoms with E-state index in [-0.39, 0.29) is 5.88 Å². The number of rotatable bonds is 3. The lowest BCUT2D eigenvalue weighted by Crippen LogP contribution is -1.96. The first kappa shape index (κ1) is 17.0. The van der Waals surface area contributed by atoms with Crippen molar-refractivity contribution in [2.45, 2.75) is 13.3 Å². The van der Waals surface area contributed by atoms with Crippen LogP contribution in [0.4, 0.5) is 0 Å². The van der Waals surface area contributed by atoms with Crippen LogP contribution in [0.3, 0.4) is 0 Å². The lowest BCUT2D eigenvalue weighted by Gasteiger charge is -2.11. The fraction of sp³-hybridized carbons (Fsp3) is 0.0909. The third-order valence-electron chi connectivity index (χ3n) is 4.61. The molecular weight excluding hydrogens is 365 g/mol. The molecule has 0 spiro atoms. The molecule has 1 heterocycles. The lowest BCUT2D eigenvalue weighted by molar-refractivity contribution is 0.440. The molecule has 0 unspecified atom stereocenters. The molecule has 1 aromatic heterocycles. The largest absolute Gasteiger partial charge is 0.494 e. The van der Waals surface area contributed by atoms with Gasteiger partial charge in [0.05, 0.1) is 21.2 Å². The number of hydrogen-bond donors (Lipinski definition) is 1. The Labute approximate surface area is 162 Å². The second-order valence-corrected chi connectivity index (χ2v) is 7.20. The van der Waals surface area contributed by atoms with Crippen molar-refractivity contribution >= 4 is 34.1 Å². The van der Waals surface area contributed by atoms with Crippen LogP contribution in [0.15, 0.2) is 66.7 Å². The molecule has 0 saturated carbocycles. The molecule has 1 N–H and O–H groups in total. The number of para-hydroxylation sites is 2. The molecule has 3 aromatic carbocycles. The van der Waals surface area contributed by atoms with E-state index < -0.39 is 0 Å². The maximum Gasteiger partial charge on any atom is 0.200 e. The highest BCUT2D eigenvalue weighted by atomic mass is 35.5. The first-order valence-electron chi connectivity index (χ1n) is 8.37. The molecule has 4 rings (SSSR count). The van der Waals surface area contributed by atoms with Crippen LogP contribution in [0.2, 0.25) is 10.0 Å². The minimum Gasteiger partial charge on any atom is -0.494 e. The summed E-state index contributed by atoms with van der Waals surface area (Å²) in [6.07, 6.45) is 0.627. The fourth-order valence-corrected chi connectivity index (χ4v) is 3.87. The van der Waals surface area contributed by atoms with E-state index in [4.69, 9.17) is 23.2 Å². The summed E-state index contributed by atoms with van der Waals surface area (Å²) in [6.45, 7) is 2.06. The Morgan fingerprint density at radius 1 is 0.846 bits per heavy atom. The zero-order chi connectivity index (χ0) is 18.3. The molecule has 130 valence electrons. The number of aryl methyl sites for hydroxylation is 1. The Morgan fingerprint density at radius 3 is 2.19 bits per heavy atom. The Morgan fingerprint density at radius 2 is 1.50 bits per heavy atom. The smallest absolute Gasteiger partial charge is 0.200 e. The van der Waals surface area contributed by atoms with E-state index in [2.05, 4.69) is 31.2 Å². The number of nitrogens with zero attached hydrogens (tertiary/aromatic N) is 1. The van der Waals surface area contributed by atoms with Crippen molar-refractivity contribution < 1.29 is 5.11 Å². The van der Waals surface area contributed by atoms with Gasteiger partial charge in [-0.25, -0.2) is 0 Å². The van der Waals surface area contributed by atoms with Crippen LogP contribution in [0.1, 0.15) is 16.7 Å². The molecule has 0 fully saturated rings. The summed E-state index contributed by atoms with van der Waals surface area (Å²) in [5.41, 5.74) is 4.68. The van der Waals surface area contributed by atoms with Crippen LogP contribution in [-0.4, -0.2) is 9.67 Å². The molecule has 2 nitrogen and oxygen atoms in total. The molecule has 4 aromatic rings. The van der Waals surface area contributed by atoms with E-state index in [1.807, 2.05) is 24.3 Å². The maximum atomic E-state index is 11.1. The van der Waals surface area contributed by atoms with Crippen molar-refractivity contribution in [1.82, 2.24) is 4.57 Å². The van der Waals surface area contributed by atoms with E-state index in [0.29, 0.717) is 22.2 Å². The van der Waals surface area contributed by atoms with Gasteiger partial charge >= 0.3 is 0 Å². The van der Waals surface area contributed by atoms with E-state index in [9.17, 15) is 5.11 Å². The SMILES string of the molecule is Cc1ccc(Cc2c(O)n(-c3c(Cl)cccc3Cl)c3ccccc23)cc1. The van der Waals surface area contributed by atoms with Crippen molar-refractivity contribution in [3.8, 4) is 11.6 Å². The van der Waals surface area contributed by atoms with E-state index in [0.717, 1.165) is 22.0 Å². The Bertz CT molecular complexity index is 1080. The van der Waals surface area contributed by atoms with E-state index >= 15 is 0 Å². The van der Waals surface area contributed by atoms with Gasteiger partial charge in [0.25, 0.3) is 0 Å². The van der Waals surface area contributed by atoms with Crippen molar-refractivity contribution in [3.05, 3.63) is 93.5 Å². The topological polar surface area (TPSA) is 25.2 Å². The van der Waals surface area contributed by atoms with Gasteiger partial charge in [-0.15, -0.1) is 0 Å². The van der Waals surface area contributed by atoms with Gasteiger partial charge < -0.3 is 5.11 Å². The molecule has 0 aliphatic rings. The average molecular weight is 382 g/mol. The van der Waals surface area contributed by atoms with E-state index in [1.165, 1.54) is 5.56 Å². The molecule has 0 saturated heterocycles. The van der Waals surface area contributed by atoms with Gasteiger partial charge in [-0.3, -0.25) is 4.57 Å². The highest BCUT2D eigenvalue weighted by Gasteiger charge is 2.20. The third kappa shape index (κ3) is 2.86. The Kier molecular flexibility index (Phi) is 4.39. The molecular formula is C22H17Cl2NO. The molecule has 0 bridgehead atoms. The van der Waals surface area contributed by atoms with Crippen LogP contribution >= 0.6 is 23.2 Å². The van der Waals surface area contributed by atoms with Gasteiger partial charge in [0.15, 0.2) is 5.88 Å². The molecule has 26 heavy (non-hydrogen) atoms. The number of hydrogen-bond acceptors (Lipinski definition) is 1. The first-order chi connectivity index (χ1) is 12.6. The first-order valence-corrected chi connectivity index (χ1v) is 9.13. The molecule has 0 radical (unpaired) electrons. The number of aromatic hydroxyl groups is 1. The summed E-state index contributed by atoms with van der Waals surface area (Å²) < 4.78 is 1.74. The van der Waals surface area contributed by atoms with Crippen molar-refractivity contribution in [3.63, 3.8) is 0 Å². The maximum absolute atomic E-state index is 11.1. The van der Waals surface area contributed by atoms with Crippen LogP contribution < -0.4 is 0 Å². The normalized spacial score (nSPS) is 11.2. The Balaban J connectivity index is 1.96. The number of aromatic nitrogens is 1. The minimum atomic E-state index is 0.168. The number of fused-ring (bicyclic) bond motifs is 1. The summed E-state index contributed by atoms with van der Waals surface area (Å²) in [7, 11) is 0. The number of benzene rings is 3. The van der Waals surface area contributed by atoms with Gasteiger partial charge in [0.2, 0.25) is 0 Å². The average Bonchev–Trinajstić information content (AvgIpc) is 2.90. The predicted molar refractivity (Wildman–Crippen MR) is 109 cm³/mol. The van der Waals surface area contributed by atoms with Crippen molar-refractivity contribution in [1.29, 1.82) is 0 Å². The fourth-order valence-electron chi connectivity index (χ4n) is 3.31. The van der Waals surface area contributed by atoms with Gasteiger partial charge in [0, 0.05) is 17.4 Å². The molecule has 0 amide bonds. The quantitative estimate of drug-likeness (QED) is 0.427. The van der Waals surface area contributed by atoms with Gasteiger partial charge in [0.1, 0.15) is 0 Å². The molecule has 0 atom stereocenters. The highest BCUT2D eigenvalue weighted by Crippen LogP contribution is 2.40. The minimum absolute atomic E-state index is 0.168. The van der Waals surface area contributed by atoms with Crippen LogP contribution in [-0.2, 0) is 6.42 Å². The van der Waals surface area contributed by atoms with Crippen molar-refractivity contribution in [2.75, 3.05) is 0 Å². The summed E-state index contributed by atoms with van der Waals surface area (Å²) in [5, 5.41) is 13.1. The molecule has 4 heteroatoms. The second-order valence-electron chi connectivity index (χ2n) is 6.39. The van der Waals surface area contributed by atoms with Crippen LogP contribution in [0.25, 0.3) is 16.6 Å². The summed E-state index contributed by atoms with van der Waals surface area (Å²) in [6, 6.07) is 21.6. The highest BCUT2D eigenvalue weighted by molar-refractivity contribution is 6.38. The second kappa shape index (κ2) is 6.71. The third-order valence-corrected chi connectivity index (χ3v) is 5.22. The van der Waals surface area contributed by atoms with Gasteiger partial charge in [-0.2, -0.15) is 0 Å². The summed E-state index contributed by atoms with van der Waals surface area (Å²) >= 11 is 12.8. The summed E-state index contributed by atoms with van der Waals surface area (Å²) in [4.78, 5) is 0. The Hall–Kier alpha value is -2.42. The van der Waals surface area contributed by atoms with Crippen LogP contribution in [0.5, 0.6) is 5.88 Å². The molecule has 0 aliphatic carbocycles. The monoisotopic (exact) mass is 381 g/mol. The standard InChI is InChI=1S/C22H17Cl2NO/c1-14-9-11-15(12-10-14)13-17-16-5-2-3-8-20(16)25(22(17)26)21-18(23)6-4-7-19(21)24/h2-12,26H,13H2,1H3. The number of halogens is 2. The zero-order valence-electron chi connectivity index (χ0n) is 14.2. The zero-order valence-corrected chi connectivity index (χ0v) is 15.7. The van der Waals surface area contributed by atoms with E-state index in [1.54, 1.807) is 22.8 Å². The van der Waals surface area contributed by atoms with Gasteiger partial charge in [-0.1, -0.05) is 77.3 Å². The van der Waals surface area contributed by atoms with Crippen LogP contribution in [0, 0.1) is 6.92 Å². The molecule has 0 aliphatic heterocycles.